The summed E-state index contributed by atoms with van der Waals surface area (Å²) in [5.41, 5.74) is 0.845. The van der Waals surface area contributed by atoms with Crippen molar-refractivity contribution in [2.24, 2.45) is 4.99 Å². The van der Waals surface area contributed by atoms with Crippen molar-refractivity contribution in [1.29, 1.82) is 0 Å². The van der Waals surface area contributed by atoms with E-state index in [1.807, 2.05) is 29.4 Å². The van der Waals surface area contributed by atoms with E-state index in [1.165, 1.54) is 0 Å². The monoisotopic (exact) mass is 208 g/mol. The molecule has 0 spiro atoms. The quantitative estimate of drug-likeness (QED) is 0.766. The highest BCUT2D eigenvalue weighted by Crippen LogP contribution is 2.29. The summed E-state index contributed by atoms with van der Waals surface area (Å²) in [5.74, 6) is 0.316. The Morgan fingerprint density at radius 1 is 1.43 bits per heavy atom. The Morgan fingerprint density at radius 3 is 2.93 bits per heavy atom. The topological polar surface area (TPSA) is 35.8 Å². The third-order valence-corrected chi connectivity index (χ3v) is 2.87. The van der Waals surface area contributed by atoms with Crippen LogP contribution in [0.2, 0.25) is 0 Å². The second kappa shape index (κ2) is 3.92. The van der Waals surface area contributed by atoms with Gasteiger partial charge in [-0.25, -0.2) is 0 Å². The van der Waals surface area contributed by atoms with Crippen LogP contribution in [0, 0.1) is 0 Å². The van der Waals surface area contributed by atoms with Crippen LogP contribution in [0.15, 0.2) is 29.3 Å². The Balaban J connectivity index is 2.32. The summed E-state index contributed by atoms with van der Waals surface area (Å²) in [5, 5.41) is 10.7. The molecule has 0 atom stereocenters. The number of thioether (sulfide) groups is 1. The molecule has 0 aromatic heterocycles. The van der Waals surface area contributed by atoms with Gasteiger partial charge in [0.2, 0.25) is 0 Å². The number of rotatable bonds is 1. The number of para-hydroxylation sites is 2. The van der Waals surface area contributed by atoms with Crippen LogP contribution < -0.4 is 4.90 Å². The third kappa shape index (κ3) is 1.57. The van der Waals surface area contributed by atoms with Crippen LogP contribution in [0.1, 0.15) is 0 Å². The normalized spacial score (nSPS) is 15.8. The van der Waals surface area contributed by atoms with Crippen LogP contribution in [0.5, 0.6) is 5.75 Å². The molecule has 1 aromatic carbocycles. The average Bonchev–Trinajstić information content (AvgIpc) is 2.66. The molecule has 0 aliphatic carbocycles. The van der Waals surface area contributed by atoms with Gasteiger partial charge in [-0.05, 0) is 18.4 Å². The minimum atomic E-state index is 0.316. The first-order chi connectivity index (χ1) is 6.83. The van der Waals surface area contributed by atoms with Crippen molar-refractivity contribution in [2.45, 2.75) is 0 Å². The zero-order chi connectivity index (χ0) is 9.97. The molecule has 1 aliphatic heterocycles. The molecule has 0 fully saturated rings. The van der Waals surface area contributed by atoms with E-state index in [0.29, 0.717) is 5.75 Å². The van der Waals surface area contributed by atoms with Crippen molar-refractivity contribution < 1.29 is 5.11 Å². The van der Waals surface area contributed by atoms with Gasteiger partial charge in [-0.2, -0.15) is 0 Å². The molecule has 74 valence electrons. The standard InChI is InChI=1S/C10H12N2OS/c1-14-10-11-6-7-12(10)8-4-2-3-5-9(8)13/h2-5,13H,6-7H2,1H3. The van der Waals surface area contributed by atoms with Crippen molar-refractivity contribution in [3.8, 4) is 5.75 Å². The number of amidine groups is 1. The predicted molar refractivity (Wildman–Crippen MR) is 61.3 cm³/mol. The molecule has 1 aliphatic rings. The molecule has 4 heteroatoms. The number of nitrogens with zero attached hydrogens (tertiary/aromatic N) is 2. The van der Waals surface area contributed by atoms with E-state index in [4.69, 9.17) is 0 Å². The maximum absolute atomic E-state index is 9.68. The lowest BCUT2D eigenvalue weighted by Crippen LogP contribution is -2.24. The maximum atomic E-state index is 9.68. The Kier molecular flexibility index (Phi) is 2.63. The molecular weight excluding hydrogens is 196 g/mol. The van der Waals surface area contributed by atoms with Gasteiger partial charge in [0.25, 0.3) is 0 Å². The van der Waals surface area contributed by atoms with E-state index >= 15 is 0 Å². The van der Waals surface area contributed by atoms with E-state index in [1.54, 1.807) is 17.8 Å². The van der Waals surface area contributed by atoms with Crippen molar-refractivity contribution in [3.63, 3.8) is 0 Å². The summed E-state index contributed by atoms with van der Waals surface area (Å²) < 4.78 is 0. The Labute approximate surface area is 87.5 Å². The number of hydrogen-bond donors (Lipinski definition) is 1. The van der Waals surface area contributed by atoms with Crippen LogP contribution in [-0.2, 0) is 0 Å². The lowest BCUT2D eigenvalue weighted by Gasteiger charge is -2.19. The molecular formula is C10H12N2OS. The molecule has 0 saturated heterocycles. The Hall–Kier alpha value is -1.16. The average molecular weight is 208 g/mol. The number of phenols is 1. The lowest BCUT2D eigenvalue weighted by molar-refractivity contribution is 0.476. The van der Waals surface area contributed by atoms with Gasteiger partial charge in [0.05, 0.1) is 12.2 Å². The molecule has 0 bridgehead atoms. The molecule has 1 aromatic rings. The van der Waals surface area contributed by atoms with Crippen LogP contribution in [-0.4, -0.2) is 29.6 Å². The number of aromatic hydroxyl groups is 1. The number of aliphatic imine (C=N–C) groups is 1. The molecule has 1 N–H and O–H groups in total. The summed E-state index contributed by atoms with van der Waals surface area (Å²) in [7, 11) is 0. The van der Waals surface area contributed by atoms with E-state index in [0.717, 1.165) is 23.9 Å². The summed E-state index contributed by atoms with van der Waals surface area (Å²) in [6, 6.07) is 7.36. The zero-order valence-electron chi connectivity index (χ0n) is 7.97. The van der Waals surface area contributed by atoms with Crippen LogP contribution in [0.3, 0.4) is 0 Å². The first-order valence-electron chi connectivity index (χ1n) is 4.47. The zero-order valence-corrected chi connectivity index (χ0v) is 8.79. The molecule has 0 radical (unpaired) electrons. The molecule has 3 nitrogen and oxygen atoms in total. The molecule has 14 heavy (non-hydrogen) atoms. The van der Waals surface area contributed by atoms with Crippen molar-refractivity contribution >= 4 is 22.6 Å². The second-order valence-corrected chi connectivity index (χ2v) is 3.78. The fourth-order valence-electron chi connectivity index (χ4n) is 1.52. The van der Waals surface area contributed by atoms with Gasteiger partial charge in [0.1, 0.15) is 5.75 Å². The summed E-state index contributed by atoms with van der Waals surface area (Å²) in [6.07, 6.45) is 2.00. The molecule has 0 amide bonds. The molecule has 0 unspecified atom stereocenters. The summed E-state index contributed by atoms with van der Waals surface area (Å²) >= 11 is 1.61. The highest BCUT2D eigenvalue weighted by Gasteiger charge is 2.19. The first kappa shape index (κ1) is 9.40. The van der Waals surface area contributed by atoms with E-state index < -0.39 is 0 Å². The van der Waals surface area contributed by atoms with Crippen LogP contribution in [0.25, 0.3) is 0 Å². The van der Waals surface area contributed by atoms with Crippen molar-refractivity contribution in [2.75, 3.05) is 24.2 Å². The summed E-state index contributed by atoms with van der Waals surface area (Å²) in [4.78, 5) is 6.39. The minimum Gasteiger partial charge on any atom is -0.506 e. The maximum Gasteiger partial charge on any atom is 0.163 e. The van der Waals surface area contributed by atoms with E-state index in [9.17, 15) is 5.11 Å². The van der Waals surface area contributed by atoms with E-state index in [-0.39, 0.29) is 0 Å². The molecule has 2 rings (SSSR count). The predicted octanol–water partition coefficient (Wildman–Crippen LogP) is 1.93. The second-order valence-electron chi connectivity index (χ2n) is 3.01. The van der Waals surface area contributed by atoms with Crippen molar-refractivity contribution in [3.05, 3.63) is 24.3 Å². The first-order valence-corrected chi connectivity index (χ1v) is 5.69. The van der Waals surface area contributed by atoms with Gasteiger partial charge >= 0.3 is 0 Å². The fraction of sp³-hybridized carbons (Fsp3) is 0.300. The SMILES string of the molecule is CSC1=NCCN1c1ccccc1O. The third-order valence-electron chi connectivity index (χ3n) is 2.16. The van der Waals surface area contributed by atoms with Crippen LogP contribution in [0.4, 0.5) is 5.69 Å². The van der Waals surface area contributed by atoms with Crippen LogP contribution >= 0.6 is 11.8 Å². The Bertz CT molecular complexity index is 365. The lowest BCUT2D eigenvalue weighted by atomic mass is 10.3. The van der Waals surface area contributed by atoms with Gasteiger partial charge < -0.3 is 10.0 Å². The minimum absolute atomic E-state index is 0.316. The highest BCUT2D eigenvalue weighted by molar-refractivity contribution is 8.13. The number of hydrogen-bond acceptors (Lipinski definition) is 4. The highest BCUT2D eigenvalue weighted by atomic mass is 32.2. The number of anilines is 1. The van der Waals surface area contributed by atoms with Gasteiger partial charge in [-0.3, -0.25) is 4.99 Å². The number of phenolic OH excluding ortho intramolecular Hbond substituents is 1. The molecule has 1 heterocycles. The van der Waals surface area contributed by atoms with Gasteiger partial charge in [-0.1, -0.05) is 23.9 Å². The van der Waals surface area contributed by atoms with E-state index in [2.05, 4.69) is 4.99 Å². The Morgan fingerprint density at radius 2 is 2.21 bits per heavy atom. The van der Waals surface area contributed by atoms with Gasteiger partial charge in [0, 0.05) is 6.54 Å². The summed E-state index contributed by atoms with van der Waals surface area (Å²) in [6.45, 7) is 1.66. The van der Waals surface area contributed by atoms with Crippen molar-refractivity contribution in [1.82, 2.24) is 0 Å². The largest absolute Gasteiger partial charge is 0.506 e. The smallest absolute Gasteiger partial charge is 0.163 e. The fourth-order valence-corrected chi connectivity index (χ4v) is 2.15. The van der Waals surface area contributed by atoms with Gasteiger partial charge in [0.15, 0.2) is 5.17 Å². The number of benzene rings is 1. The van der Waals surface area contributed by atoms with Gasteiger partial charge in [-0.15, -0.1) is 0 Å². The molecule has 0 saturated carbocycles.